The van der Waals surface area contributed by atoms with Gasteiger partial charge >= 0.3 is 0 Å². The molecule has 0 aromatic rings. The minimum atomic E-state index is 0.769. The Labute approximate surface area is 115 Å². The van der Waals surface area contributed by atoms with Crippen LogP contribution in [0.5, 0.6) is 0 Å². The third-order valence-corrected chi connectivity index (χ3v) is 7.44. The molecule has 0 amide bonds. The zero-order chi connectivity index (χ0) is 12.1. The molecule has 2 unspecified atom stereocenters. The van der Waals surface area contributed by atoms with Crippen molar-refractivity contribution < 1.29 is 0 Å². The van der Waals surface area contributed by atoms with Crippen LogP contribution in [0.25, 0.3) is 0 Å². The molecule has 2 rings (SSSR count). The average molecular weight is 274 g/mol. The van der Waals surface area contributed by atoms with Gasteiger partial charge in [-0.15, -0.1) is 0 Å². The van der Waals surface area contributed by atoms with Crippen LogP contribution in [0, 0.1) is 11.8 Å². The Hall–Kier alpha value is 0.660. The minimum Gasteiger partial charge on any atom is -0.316 e. The largest absolute Gasteiger partial charge is 0.316 e. The lowest BCUT2D eigenvalue weighted by molar-refractivity contribution is 0.223. The molecule has 1 N–H and O–H groups in total. The van der Waals surface area contributed by atoms with Gasteiger partial charge in [0.2, 0.25) is 0 Å². The van der Waals surface area contributed by atoms with Crippen molar-refractivity contribution in [3.63, 3.8) is 0 Å². The van der Waals surface area contributed by atoms with Crippen LogP contribution < -0.4 is 5.32 Å². The van der Waals surface area contributed by atoms with Gasteiger partial charge in [0.25, 0.3) is 0 Å². The van der Waals surface area contributed by atoms with Gasteiger partial charge in [-0.25, -0.2) is 0 Å². The summed E-state index contributed by atoms with van der Waals surface area (Å²) in [6.07, 6.45) is 7.27. The van der Waals surface area contributed by atoms with Crippen molar-refractivity contribution in [2.45, 2.75) is 50.3 Å². The van der Waals surface area contributed by atoms with Crippen LogP contribution in [-0.4, -0.2) is 35.6 Å². The Morgan fingerprint density at radius 3 is 2.47 bits per heavy atom. The lowest BCUT2D eigenvalue weighted by Gasteiger charge is -2.38. The van der Waals surface area contributed by atoms with E-state index >= 15 is 0 Å². The van der Waals surface area contributed by atoms with E-state index in [0.717, 1.165) is 23.1 Å². The zero-order valence-corrected chi connectivity index (χ0v) is 12.9. The van der Waals surface area contributed by atoms with Crippen molar-refractivity contribution in [3.05, 3.63) is 0 Å². The molecule has 1 saturated heterocycles. The predicted octanol–water partition coefficient (Wildman–Crippen LogP) is 3.64. The molecule has 17 heavy (non-hydrogen) atoms. The van der Waals surface area contributed by atoms with E-state index in [9.17, 15) is 0 Å². The van der Waals surface area contributed by atoms with Gasteiger partial charge in [0.1, 0.15) is 0 Å². The second-order valence-corrected chi connectivity index (χ2v) is 7.98. The number of hydrogen-bond donors (Lipinski definition) is 1. The van der Waals surface area contributed by atoms with Crippen molar-refractivity contribution in [1.82, 2.24) is 5.32 Å². The fraction of sp³-hybridized carbons (Fsp3) is 1.00. The third-order valence-electron chi connectivity index (χ3n) is 4.55. The normalized spacial score (nSPS) is 36.7. The molecule has 2 atom stereocenters. The van der Waals surface area contributed by atoms with Gasteiger partial charge in [-0.1, -0.05) is 26.2 Å². The summed E-state index contributed by atoms with van der Waals surface area (Å²) in [6, 6.07) is 0.769. The van der Waals surface area contributed by atoms with Gasteiger partial charge in [0.05, 0.1) is 0 Å². The first kappa shape index (κ1) is 14.1. The molecule has 0 aromatic carbocycles. The van der Waals surface area contributed by atoms with Crippen LogP contribution >= 0.6 is 23.5 Å². The molecule has 1 aliphatic carbocycles. The maximum atomic E-state index is 3.64. The van der Waals surface area contributed by atoms with Crippen LogP contribution in [0.1, 0.15) is 39.0 Å². The SMILES string of the molecule is CCC1CCC(C(NC)C2CSCCS2)CC1. The van der Waals surface area contributed by atoms with Crippen molar-refractivity contribution in [2.24, 2.45) is 11.8 Å². The molecule has 2 aliphatic rings. The summed E-state index contributed by atoms with van der Waals surface area (Å²) < 4.78 is 0. The van der Waals surface area contributed by atoms with E-state index in [1.165, 1.54) is 49.4 Å². The monoisotopic (exact) mass is 273 g/mol. The van der Waals surface area contributed by atoms with E-state index in [1.807, 2.05) is 0 Å². The van der Waals surface area contributed by atoms with E-state index in [0.29, 0.717) is 0 Å². The van der Waals surface area contributed by atoms with Gasteiger partial charge in [-0.3, -0.25) is 0 Å². The van der Waals surface area contributed by atoms with Crippen LogP contribution in [0.2, 0.25) is 0 Å². The summed E-state index contributed by atoms with van der Waals surface area (Å²) in [5.41, 5.74) is 0. The maximum Gasteiger partial charge on any atom is 0.0294 e. The van der Waals surface area contributed by atoms with Gasteiger partial charge in [-0.05, 0) is 31.7 Å². The van der Waals surface area contributed by atoms with Crippen molar-refractivity contribution in [1.29, 1.82) is 0 Å². The molecule has 1 saturated carbocycles. The smallest absolute Gasteiger partial charge is 0.0294 e. The molecule has 100 valence electrons. The van der Waals surface area contributed by atoms with Crippen LogP contribution in [0.4, 0.5) is 0 Å². The van der Waals surface area contributed by atoms with Gasteiger partial charge in [-0.2, -0.15) is 23.5 Å². The topological polar surface area (TPSA) is 12.0 Å². The molecule has 3 heteroatoms. The molecule has 1 aliphatic heterocycles. The highest BCUT2D eigenvalue weighted by Crippen LogP contribution is 2.37. The Morgan fingerprint density at radius 1 is 1.18 bits per heavy atom. The first-order valence-electron chi connectivity index (χ1n) is 7.21. The number of hydrogen-bond acceptors (Lipinski definition) is 3. The predicted molar refractivity (Wildman–Crippen MR) is 82.2 cm³/mol. The third kappa shape index (κ3) is 3.81. The van der Waals surface area contributed by atoms with Crippen molar-refractivity contribution in [3.8, 4) is 0 Å². The summed E-state index contributed by atoms with van der Waals surface area (Å²) in [4.78, 5) is 0. The first-order valence-corrected chi connectivity index (χ1v) is 9.42. The summed E-state index contributed by atoms with van der Waals surface area (Å²) in [5, 5.41) is 4.50. The minimum absolute atomic E-state index is 0.769. The summed E-state index contributed by atoms with van der Waals surface area (Å²) in [5.74, 6) is 6.05. The first-order chi connectivity index (χ1) is 8.35. The standard InChI is InChI=1S/C14H27NS2/c1-3-11-4-6-12(7-5-11)14(15-2)13-10-16-8-9-17-13/h11-15H,3-10H2,1-2H3. The zero-order valence-electron chi connectivity index (χ0n) is 11.3. The molecule has 0 spiro atoms. The fourth-order valence-corrected chi connectivity index (χ4v) is 6.40. The summed E-state index contributed by atoms with van der Waals surface area (Å²) >= 11 is 4.37. The molecule has 2 fully saturated rings. The Kier molecular flexibility index (Phi) is 6.04. The van der Waals surface area contributed by atoms with Crippen LogP contribution in [0.15, 0.2) is 0 Å². The van der Waals surface area contributed by atoms with Crippen molar-refractivity contribution in [2.75, 3.05) is 24.3 Å². The average Bonchev–Trinajstić information content (AvgIpc) is 2.42. The molecule has 0 radical (unpaired) electrons. The molecule has 1 nitrogen and oxygen atoms in total. The van der Waals surface area contributed by atoms with Crippen LogP contribution in [-0.2, 0) is 0 Å². The van der Waals surface area contributed by atoms with E-state index in [2.05, 4.69) is 42.8 Å². The van der Waals surface area contributed by atoms with E-state index < -0.39 is 0 Å². The summed E-state index contributed by atoms with van der Waals surface area (Å²) in [6.45, 7) is 2.36. The fourth-order valence-electron chi connectivity index (χ4n) is 3.39. The molecule has 1 heterocycles. The van der Waals surface area contributed by atoms with Crippen molar-refractivity contribution >= 4 is 23.5 Å². The van der Waals surface area contributed by atoms with Gasteiger partial charge in [0.15, 0.2) is 0 Å². The summed E-state index contributed by atoms with van der Waals surface area (Å²) in [7, 11) is 2.18. The Balaban J connectivity index is 1.85. The lowest BCUT2D eigenvalue weighted by Crippen LogP contribution is -2.45. The van der Waals surface area contributed by atoms with E-state index in [4.69, 9.17) is 0 Å². The lowest BCUT2D eigenvalue weighted by atomic mass is 9.77. The second-order valence-electron chi connectivity index (χ2n) is 5.49. The van der Waals surface area contributed by atoms with E-state index in [1.54, 1.807) is 0 Å². The molecule has 0 bridgehead atoms. The highest BCUT2D eigenvalue weighted by atomic mass is 32.2. The number of thioether (sulfide) groups is 2. The van der Waals surface area contributed by atoms with Gasteiger partial charge < -0.3 is 5.32 Å². The molecule has 0 aromatic heterocycles. The van der Waals surface area contributed by atoms with E-state index in [-0.39, 0.29) is 0 Å². The quantitative estimate of drug-likeness (QED) is 0.840. The van der Waals surface area contributed by atoms with Gasteiger partial charge in [0, 0.05) is 28.6 Å². The molecular weight excluding hydrogens is 246 g/mol. The highest BCUT2D eigenvalue weighted by Gasteiger charge is 2.32. The van der Waals surface area contributed by atoms with Crippen LogP contribution in [0.3, 0.4) is 0 Å². The Bertz CT molecular complexity index is 208. The highest BCUT2D eigenvalue weighted by molar-refractivity contribution is 8.06. The number of nitrogens with one attached hydrogen (secondary N) is 1. The maximum absolute atomic E-state index is 3.64. The molecular formula is C14H27NS2. The Morgan fingerprint density at radius 2 is 1.94 bits per heavy atom. The second kappa shape index (κ2) is 7.30. The number of rotatable bonds is 4.